The third-order valence-electron chi connectivity index (χ3n) is 4.45. The number of fused-ring (bicyclic) bond motifs is 2. The molecule has 3 heterocycles. The molecule has 0 radical (unpaired) electrons. The normalized spacial score (nSPS) is 12.5. The Balaban J connectivity index is 1.60. The number of benzene rings is 2. The van der Waals surface area contributed by atoms with Crippen LogP contribution in [0.1, 0.15) is 0 Å². The van der Waals surface area contributed by atoms with Crippen molar-refractivity contribution >= 4 is 5.65 Å². The minimum absolute atomic E-state index is 0.258. The molecule has 26 heavy (non-hydrogen) atoms. The van der Waals surface area contributed by atoms with E-state index in [0.717, 1.165) is 45.4 Å². The molecule has 0 saturated heterocycles. The lowest BCUT2D eigenvalue weighted by atomic mass is 10.1. The second kappa shape index (κ2) is 5.77. The van der Waals surface area contributed by atoms with Crippen LogP contribution < -0.4 is 14.2 Å². The first-order valence-corrected chi connectivity index (χ1v) is 8.19. The lowest BCUT2D eigenvalue weighted by Crippen LogP contribution is -1.93. The lowest BCUT2D eigenvalue weighted by Gasteiger charge is -2.07. The van der Waals surface area contributed by atoms with E-state index in [0.29, 0.717) is 0 Å². The van der Waals surface area contributed by atoms with Gasteiger partial charge in [-0.25, -0.2) is 4.98 Å². The minimum atomic E-state index is 0.258. The Kier molecular flexibility index (Phi) is 3.28. The van der Waals surface area contributed by atoms with Gasteiger partial charge in [0.1, 0.15) is 5.75 Å². The summed E-state index contributed by atoms with van der Waals surface area (Å²) in [7, 11) is 1.66. The summed E-state index contributed by atoms with van der Waals surface area (Å²) in [6.07, 6.45) is 5.61. The highest BCUT2D eigenvalue weighted by Crippen LogP contribution is 2.35. The molecule has 128 valence electrons. The van der Waals surface area contributed by atoms with E-state index in [1.54, 1.807) is 13.3 Å². The van der Waals surface area contributed by atoms with Crippen molar-refractivity contribution in [1.29, 1.82) is 0 Å². The van der Waals surface area contributed by atoms with Gasteiger partial charge in [0, 0.05) is 17.3 Å². The van der Waals surface area contributed by atoms with Crippen molar-refractivity contribution in [3.05, 3.63) is 61.1 Å². The Bertz CT molecular complexity index is 1100. The summed E-state index contributed by atoms with van der Waals surface area (Å²) in [6.45, 7) is 0.258. The number of rotatable bonds is 3. The van der Waals surface area contributed by atoms with Crippen molar-refractivity contribution in [2.75, 3.05) is 13.9 Å². The monoisotopic (exact) mass is 345 g/mol. The smallest absolute Gasteiger partial charge is 0.231 e. The second-order valence-electron chi connectivity index (χ2n) is 5.94. The average molecular weight is 345 g/mol. The number of hydrogen-bond donors (Lipinski definition) is 0. The molecule has 0 atom stereocenters. The van der Waals surface area contributed by atoms with Crippen molar-refractivity contribution in [2.24, 2.45) is 0 Å². The van der Waals surface area contributed by atoms with Gasteiger partial charge >= 0.3 is 0 Å². The molecule has 0 amide bonds. The van der Waals surface area contributed by atoms with Gasteiger partial charge in [0.25, 0.3) is 0 Å². The van der Waals surface area contributed by atoms with Crippen molar-refractivity contribution < 1.29 is 14.2 Å². The van der Waals surface area contributed by atoms with Crippen LogP contribution in [-0.2, 0) is 0 Å². The fraction of sp³-hybridized carbons (Fsp3) is 0.100. The average Bonchev–Trinajstić information content (AvgIpc) is 3.33. The van der Waals surface area contributed by atoms with Crippen LogP contribution in [0.5, 0.6) is 17.2 Å². The zero-order chi connectivity index (χ0) is 17.5. The molecule has 0 N–H and O–H groups in total. The lowest BCUT2D eigenvalue weighted by molar-refractivity contribution is 0.174. The highest BCUT2D eigenvalue weighted by atomic mass is 16.7. The van der Waals surface area contributed by atoms with Crippen LogP contribution in [0, 0.1) is 0 Å². The Morgan fingerprint density at radius 1 is 0.923 bits per heavy atom. The molecular formula is C20H15N3O3. The van der Waals surface area contributed by atoms with Crippen molar-refractivity contribution in [1.82, 2.24) is 14.4 Å². The van der Waals surface area contributed by atoms with Gasteiger partial charge < -0.3 is 14.2 Å². The fourth-order valence-corrected chi connectivity index (χ4v) is 3.07. The Labute approximate surface area is 149 Å². The van der Waals surface area contributed by atoms with Gasteiger partial charge in [0.05, 0.1) is 30.9 Å². The zero-order valence-electron chi connectivity index (χ0n) is 14.0. The summed E-state index contributed by atoms with van der Waals surface area (Å²) in [5.74, 6) is 2.33. The molecule has 0 unspecified atom stereocenters. The molecule has 4 aromatic rings. The van der Waals surface area contributed by atoms with Crippen LogP contribution in [0.25, 0.3) is 28.2 Å². The minimum Gasteiger partial charge on any atom is -0.497 e. The SMILES string of the molecule is COc1ccc(-c2cnc3cnc(-c4ccc5c(c4)OCO5)cn23)cc1. The van der Waals surface area contributed by atoms with Gasteiger partial charge in [-0.15, -0.1) is 0 Å². The number of ether oxygens (including phenoxy) is 3. The molecule has 6 nitrogen and oxygen atoms in total. The molecular weight excluding hydrogens is 330 g/mol. The predicted octanol–water partition coefficient (Wildman–Crippen LogP) is 3.80. The molecule has 1 aliphatic heterocycles. The fourth-order valence-electron chi connectivity index (χ4n) is 3.07. The predicted molar refractivity (Wildman–Crippen MR) is 96.5 cm³/mol. The Hall–Kier alpha value is -3.54. The van der Waals surface area contributed by atoms with Crippen LogP contribution in [0.3, 0.4) is 0 Å². The maximum Gasteiger partial charge on any atom is 0.231 e. The molecule has 0 fully saturated rings. The largest absolute Gasteiger partial charge is 0.497 e. The maximum absolute atomic E-state index is 5.47. The zero-order valence-corrected chi connectivity index (χ0v) is 14.0. The Morgan fingerprint density at radius 3 is 2.58 bits per heavy atom. The van der Waals surface area contributed by atoms with Gasteiger partial charge in [-0.1, -0.05) is 0 Å². The molecule has 5 rings (SSSR count). The van der Waals surface area contributed by atoms with Crippen LogP contribution in [0.4, 0.5) is 0 Å². The van der Waals surface area contributed by atoms with E-state index in [-0.39, 0.29) is 6.79 Å². The summed E-state index contributed by atoms with van der Waals surface area (Å²) >= 11 is 0. The molecule has 2 aromatic heterocycles. The summed E-state index contributed by atoms with van der Waals surface area (Å²) in [5, 5.41) is 0. The second-order valence-corrected chi connectivity index (χ2v) is 5.94. The van der Waals surface area contributed by atoms with E-state index in [2.05, 4.69) is 9.97 Å². The first kappa shape index (κ1) is 14.8. The maximum atomic E-state index is 5.47. The molecule has 0 aliphatic carbocycles. The van der Waals surface area contributed by atoms with Gasteiger partial charge in [-0.2, -0.15) is 0 Å². The summed E-state index contributed by atoms with van der Waals surface area (Å²) in [4.78, 5) is 8.99. The van der Waals surface area contributed by atoms with Gasteiger partial charge in [-0.3, -0.25) is 9.38 Å². The van der Waals surface area contributed by atoms with Gasteiger partial charge in [0.2, 0.25) is 6.79 Å². The standard InChI is InChI=1S/C20H15N3O3/c1-24-15-5-2-13(3-6-15)17-9-22-20-10-21-16(11-23(17)20)14-4-7-18-19(8-14)26-12-25-18/h2-11H,12H2,1H3. The number of aromatic nitrogens is 3. The molecule has 0 saturated carbocycles. The topological polar surface area (TPSA) is 57.9 Å². The number of methoxy groups -OCH3 is 1. The van der Waals surface area contributed by atoms with Crippen LogP contribution in [0.15, 0.2) is 61.1 Å². The molecule has 2 aromatic carbocycles. The van der Waals surface area contributed by atoms with E-state index in [4.69, 9.17) is 14.2 Å². The van der Waals surface area contributed by atoms with E-state index in [1.807, 2.05) is 59.3 Å². The quantitative estimate of drug-likeness (QED) is 0.565. The highest BCUT2D eigenvalue weighted by molar-refractivity contribution is 5.68. The number of imidazole rings is 1. The number of nitrogens with zero attached hydrogens (tertiary/aromatic N) is 3. The third-order valence-corrected chi connectivity index (χ3v) is 4.45. The summed E-state index contributed by atoms with van der Waals surface area (Å²) in [5.41, 5.74) is 4.64. The molecule has 0 bridgehead atoms. The molecule has 1 aliphatic rings. The van der Waals surface area contributed by atoms with Crippen LogP contribution >= 0.6 is 0 Å². The molecule has 0 spiro atoms. The van der Waals surface area contributed by atoms with Crippen molar-refractivity contribution in [3.8, 4) is 39.8 Å². The summed E-state index contributed by atoms with van der Waals surface area (Å²) in [6, 6.07) is 13.7. The van der Waals surface area contributed by atoms with Crippen molar-refractivity contribution in [2.45, 2.75) is 0 Å². The van der Waals surface area contributed by atoms with Crippen molar-refractivity contribution in [3.63, 3.8) is 0 Å². The molecule has 6 heteroatoms. The van der Waals surface area contributed by atoms with Gasteiger partial charge in [-0.05, 0) is 42.5 Å². The first-order valence-electron chi connectivity index (χ1n) is 8.19. The van der Waals surface area contributed by atoms with Crippen LogP contribution in [-0.4, -0.2) is 28.3 Å². The summed E-state index contributed by atoms with van der Waals surface area (Å²) < 4.78 is 18.1. The highest BCUT2D eigenvalue weighted by Gasteiger charge is 2.15. The Morgan fingerprint density at radius 2 is 1.73 bits per heavy atom. The van der Waals surface area contributed by atoms with E-state index >= 15 is 0 Å². The van der Waals surface area contributed by atoms with E-state index < -0.39 is 0 Å². The van der Waals surface area contributed by atoms with Gasteiger partial charge in [0.15, 0.2) is 17.1 Å². The first-order chi connectivity index (χ1) is 12.8. The third kappa shape index (κ3) is 2.35. The number of hydrogen-bond acceptors (Lipinski definition) is 5. The van der Waals surface area contributed by atoms with Crippen LogP contribution in [0.2, 0.25) is 0 Å². The van der Waals surface area contributed by atoms with E-state index in [1.165, 1.54) is 0 Å². The van der Waals surface area contributed by atoms with E-state index in [9.17, 15) is 0 Å².